The van der Waals surface area contributed by atoms with E-state index >= 15 is 0 Å². The lowest BCUT2D eigenvalue weighted by Crippen LogP contribution is -2.48. The van der Waals surface area contributed by atoms with Crippen LogP contribution in [0.4, 0.5) is 18.9 Å². The number of tetrazole rings is 1. The Balaban J connectivity index is 1.18. The Morgan fingerprint density at radius 1 is 0.865 bits per heavy atom. The second-order valence-corrected chi connectivity index (χ2v) is 13.5. The number of rotatable bonds is 11. The number of nitrogens with zero attached hydrogens (tertiary/aromatic N) is 3. The maximum atomic E-state index is 14.2. The topological polar surface area (TPSA) is 180 Å². The van der Waals surface area contributed by atoms with E-state index in [1.807, 2.05) is 0 Å². The van der Waals surface area contributed by atoms with Gasteiger partial charge in [-0.1, -0.05) is 30.3 Å². The van der Waals surface area contributed by atoms with E-state index in [2.05, 4.69) is 41.9 Å². The number of alkyl halides is 3. The van der Waals surface area contributed by atoms with E-state index in [1.165, 1.54) is 12.1 Å². The minimum Gasteiger partial charge on any atom is -0.349 e. The highest BCUT2D eigenvalue weighted by atomic mass is 19.4. The number of piperidine rings is 1. The summed E-state index contributed by atoms with van der Waals surface area (Å²) in [6.45, 7) is 1.96. The highest BCUT2D eigenvalue weighted by Gasteiger charge is 2.36. The van der Waals surface area contributed by atoms with Gasteiger partial charge in [-0.2, -0.15) is 18.4 Å². The molecular formula is C37H42F3N9O3. The number of benzene rings is 3. The Morgan fingerprint density at radius 2 is 1.54 bits per heavy atom. The first-order valence-corrected chi connectivity index (χ1v) is 17.5. The number of halogens is 3. The molecule has 1 saturated carbocycles. The van der Waals surface area contributed by atoms with Gasteiger partial charge in [0.1, 0.15) is 6.04 Å². The first kappa shape index (κ1) is 36.6. The maximum absolute atomic E-state index is 14.2. The number of nitrogens with two attached hydrogens (primary N) is 1. The predicted molar refractivity (Wildman–Crippen MR) is 189 cm³/mol. The summed E-state index contributed by atoms with van der Waals surface area (Å²) in [5.74, 6) is -0.821. The minimum absolute atomic E-state index is 0.139. The molecule has 2 aliphatic rings. The number of aromatic amines is 1. The first-order chi connectivity index (χ1) is 25.1. The van der Waals surface area contributed by atoms with Gasteiger partial charge in [0.2, 0.25) is 17.6 Å². The molecule has 2 fully saturated rings. The molecule has 3 aromatic carbocycles. The average molecular weight is 718 g/mol. The van der Waals surface area contributed by atoms with Gasteiger partial charge in [0.05, 0.1) is 11.1 Å². The molecule has 1 aromatic heterocycles. The molecule has 12 nitrogen and oxygen atoms in total. The normalized spacial score (nSPS) is 18.7. The van der Waals surface area contributed by atoms with Crippen LogP contribution >= 0.6 is 0 Å². The van der Waals surface area contributed by atoms with Crippen LogP contribution in [0.3, 0.4) is 0 Å². The minimum atomic E-state index is -4.74. The van der Waals surface area contributed by atoms with Crippen LogP contribution in [0.25, 0.3) is 22.5 Å². The first-order valence-electron chi connectivity index (χ1n) is 17.5. The van der Waals surface area contributed by atoms with Gasteiger partial charge in [0, 0.05) is 29.6 Å². The number of hydrogen-bond acceptors (Lipinski definition) is 8. The lowest BCUT2D eigenvalue weighted by Gasteiger charge is -2.28. The largest absolute Gasteiger partial charge is 0.417 e. The van der Waals surface area contributed by atoms with Gasteiger partial charge < -0.3 is 27.0 Å². The van der Waals surface area contributed by atoms with E-state index in [9.17, 15) is 27.6 Å². The Hall–Kier alpha value is -5.15. The van der Waals surface area contributed by atoms with Crippen molar-refractivity contribution < 1.29 is 27.6 Å². The van der Waals surface area contributed by atoms with Crippen LogP contribution in [0.2, 0.25) is 0 Å². The predicted octanol–water partition coefficient (Wildman–Crippen LogP) is 4.47. The maximum Gasteiger partial charge on any atom is 0.417 e. The fourth-order valence-electron chi connectivity index (χ4n) is 6.83. The van der Waals surface area contributed by atoms with Crippen molar-refractivity contribution in [1.82, 2.24) is 36.6 Å². The summed E-state index contributed by atoms with van der Waals surface area (Å²) in [5, 5.41) is 25.6. The lowest BCUT2D eigenvalue weighted by molar-refractivity contribution is -0.138. The van der Waals surface area contributed by atoms with E-state index in [0.717, 1.165) is 18.9 Å². The average Bonchev–Trinajstić information content (AvgIpc) is 3.70. The van der Waals surface area contributed by atoms with Gasteiger partial charge in [-0.15, -0.1) is 10.2 Å². The van der Waals surface area contributed by atoms with E-state index in [0.29, 0.717) is 79.4 Å². The molecule has 1 saturated heterocycles. The summed E-state index contributed by atoms with van der Waals surface area (Å²) in [6.07, 6.45) is -0.240. The summed E-state index contributed by atoms with van der Waals surface area (Å²) < 4.78 is 42.6. The van der Waals surface area contributed by atoms with Gasteiger partial charge in [-0.3, -0.25) is 14.4 Å². The van der Waals surface area contributed by atoms with E-state index in [4.69, 9.17) is 5.73 Å². The number of carbonyl (C=O) groups excluding carboxylic acids is 3. The number of hydrogen-bond donors (Lipinski definition) is 6. The summed E-state index contributed by atoms with van der Waals surface area (Å²) in [5.41, 5.74) is 7.09. The molecule has 1 aliphatic carbocycles. The fraction of sp³-hybridized carbons (Fsp3) is 0.405. The van der Waals surface area contributed by atoms with Crippen molar-refractivity contribution >= 4 is 23.4 Å². The van der Waals surface area contributed by atoms with Gasteiger partial charge in [-0.05, 0) is 122 Å². The van der Waals surface area contributed by atoms with E-state index in [1.54, 1.807) is 48.5 Å². The van der Waals surface area contributed by atoms with Crippen molar-refractivity contribution in [3.05, 3.63) is 83.4 Å². The number of amides is 3. The third-order valence-electron chi connectivity index (χ3n) is 9.91. The molecule has 15 heteroatoms. The molecule has 274 valence electrons. The number of anilines is 1. The Labute approximate surface area is 298 Å². The molecule has 3 amide bonds. The van der Waals surface area contributed by atoms with Crippen molar-refractivity contribution in [2.75, 3.05) is 25.0 Å². The quantitative estimate of drug-likeness (QED) is 0.132. The molecule has 0 unspecified atom stereocenters. The standard InChI is InChI=1S/C37H42F3N9O3/c38-37(39,40)31-20-27(11-14-30(31)35(51)43-29-15-17-42-18-16-29)24-5-1-22(2-6-24)19-32(45-34(50)26-7-3-23(21-41)4-8-26)36(52)44-28-12-9-25(10-13-28)33-46-48-49-47-33/h1-2,5-6,9-14,20,23,26,29,32,42H,3-4,7-8,15-19,21,41H2,(H,43,51)(H,44,52)(H,45,50)(H,46,47,48,49)/t23?,26?,32-/m0/s1. The highest BCUT2D eigenvalue weighted by Crippen LogP contribution is 2.35. The van der Waals surface area contributed by atoms with Crippen molar-refractivity contribution in [3.8, 4) is 22.5 Å². The third-order valence-corrected chi connectivity index (χ3v) is 9.91. The molecular weight excluding hydrogens is 675 g/mol. The summed E-state index contributed by atoms with van der Waals surface area (Å²) in [7, 11) is 0. The highest BCUT2D eigenvalue weighted by molar-refractivity contribution is 5.98. The van der Waals surface area contributed by atoms with Gasteiger partial charge in [-0.25, -0.2) is 0 Å². The van der Waals surface area contributed by atoms with Crippen LogP contribution in [0.5, 0.6) is 0 Å². The SMILES string of the molecule is NCC1CCC(C(=O)N[C@@H](Cc2ccc(-c3ccc(C(=O)NC4CCNCC4)c(C(F)(F)F)c3)cc2)C(=O)Nc2ccc(-c3nn[nH]n3)cc2)CC1. The summed E-state index contributed by atoms with van der Waals surface area (Å²) >= 11 is 0. The number of H-pyrrole nitrogens is 1. The number of carbonyl (C=O) groups is 3. The van der Waals surface area contributed by atoms with Crippen molar-refractivity contribution in [1.29, 1.82) is 0 Å². The zero-order valence-corrected chi connectivity index (χ0v) is 28.5. The van der Waals surface area contributed by atoms with E-state index in [-0.39, 0.29) is 29.9 Å². The molecule has 52 heavy (non-hydrogen) atoms. The molecule has 0 spiro atoms. The molecule has 4 aromatic rings. The molecule has 7 N–H and O–H groups in total. The lowest BCUT2D eigenvalue weighted by atomic mass is 9.81. The Morgan fingerprint density at radius 3 is 2.17 bits per heavy atom. The van der Waals surface area contributed by atoms with E-state index < -0.39 is 35.2 Å². The smallest absolute Gasteiger partial charge is 0.349 e. The van der Waals surface area contributed by atoms with Crippen LogP contribution < -0.4 is 27.0 Å². The van der Waals surface area contributed by atoms with Crippen LogP contribution in [0, 0.1) is 11.8 Å². The zero-order valence-electron chi connectivity index (χ0n) is 28.5. The van der Waals surface area contributed by atoms with Gasteiger partial charge >= 0.3 is 6.18 Å². The fourth-order valence-corrected chi connectivity index (χ4v) is 6.83. The van der Waals surface area contributed by atoms with Crippen molar-refractivity contribution in [2.24, 2.45) is 17.6 Å². The molecule has 0 radical (unpaired) electrons. The van der Waals surface area contributed by atoms with Crippen LogP contribution in [0.1, 0.15) is 60.0 Å². The van der Waals surface area contributed by atoms with Crippen molar-refractivity contribution in [2.45, 2.75) is 63.2 Å². The Kier molecular flexibility index (Phi) is 11.6. The summed E-state index contributed by atoms with van der Waals surface area (Å²) in [4.78, 5) is 40.0. The summed E-state index contributed by atoms with van der Waals surface area (Å²) in [6, 6.07) is 16.2. The second-order valence-electron chi connectivity index (χ2n) is 13.5. The van der Waals surface area contributed by atoms with Crippen LogP contribution in [0.15, 0.2) is 66.7 Å². The molecule has 2 heterocycles. The Bertz CT molecular complexity index is 1820. The molecule has 0 bridgehead atoms. The molecule has 1 atom stereocenters. The van der Waals surface area contributed by atoms with Crippen LogP contribution in [-0.4, -0.2) is 70.1 Å². The van der Waals surface area contributed by atoms with Crippen molar-refractivity contribution in [3.63, 3.8) is 0 Å². The molecule has 1 aliphatic heterocycles. The van der Waals surface area contributed by atoms with Gasteiger partial charge in [0.15, 0.2) is 0 Å². The number of nitrogens with one attached hydrogen (secondary N) is 5. The molecule has 6 rings (SSSR count). The monoisotopic (exact) mass is 717 g/mol. The van der Waals surface area contributed by atoms with Gasteiger partial charge in [0.25, 0.3) is 5.91 Å². The number of aromatic nitrogens is 4. The van der Waals surface area contributed by atoms with Crippen LogP contribution in [-0.2, 0) is 22.2 Å². The second kappa shape index (κ2) is 16.5. The zero-order chi connectivity index (χ0) is 36.7. The third kappa shape index (κ3) is 9.19.